The smallest absolute Gasteiger partial charge is 0.0754 e. The fraction of sp³-hybridized carbons (Fsp3) is 0.0238. The maximum Gasteiger partial charge on any atom is 0.0754 e. The molecule has 0 radical (unpaired) electrons. The predicted molar refractivity (Wildman–Crippen MR) is 357 cm³/mol. The Morgan fingerprint density at radius 1 is 0.256 bits per heavy atom. The molecule has 1 atom stereocenters. The number of aromatic nitrogens is 1. The Morgan fingerprint density at radius 3 is 1.50 bits per heavy atom. The molecule has 0 bridgehead atoms. The summed E-state index contributed by atoms with van der Waals surface area (Å²) in [6.07, 6.45) is 0. The van der Waals surface area contributed by atoms with Gasteiger partial charge in [-0.05, 0) is 160 Å². The summed E-state index contributed by atoms with van der Waals surface area (Å²) in [6, 6.07) is 123. The van der Waals surface area contributed by atoms with Crippen LogP contribution in [0.4, 0.5) is 17.1 Å². The van der Waals surface area contributed by atoms with Gasteiger partial charge in [0.2, 0.25) is 0 Å². The van der Waals surface area contributed by atoms with Crippen molar-refractivity contribution in [3.63, 3.8) is 0 Å². The van der Waals surface area contributed by atoms with Gasteiger partial charge in [0.15, 0.2) is 0 Å². The van der Waals surface area contributed by atoms with Gasteiger partial charge in [0, 0.05) is 27.7 Å². The molecule has 1 aliphatic heterocycles. The zero-order chi connectivity index (χ0) is 56.5. The number of fused-ring (bicyclic) bond motifs is 16. The van der Waals surface area contributed by atoms with Gasteiger partial charge in [0.1, 0.15) is 0 Å². The molecule has 18 rings (SSSR count). The van der Waals surface area contributed by atoms with Gasteiger partial charge in [-0.3, -0.25) is 0 Å². The van der Waals surface area contributed by atoms with Crippen LogP contribution in [0.1, 0.15) is 44.5 Å². The Kier molecular flexibility index (Phi) is 10.6. The maximum absolute atomic E-state index is 2.53. The fourth-order valence-electron chi connectivity index (χ4n) is 15.8. The lowest BCUT2D eigenvalue weighted by Crippen LogP contribution is -2.33. The monoisotopic (exact) mass is 1090 g/mol. The molecule has 1 aromatic heterocycles. The molecule has 14 aromatic carbocycles. The standard InChI is InChI=1S/C84H54N2/c1-4-23-55(24-5-1)64-29-10-11-30-65(64)70-33-14-19-40-79(70)85(63-48-50-69-66-31-12-16-36-73(66)83(78(69)54-63,60-25-6-2-7-26-60)61-27-8-3-9-28-61)62-47-45-57-51-56(43-44-58(57)52-62)59-46-49-68-67-32-13-17-37-74(67)84(77(68)53-59)75-38-18-21-42-81(75)86-80-41-20-15-34-71(80)72-35-22-39-76(84)82(72)86/h1-54H. The minimum atomic E-state index is -0.566. The van der Waals surface area contributed by atoms with Crippen LogP contribution in [0.2, 0.25) is 0 Å². The van der Waals surface area contributed by atoms with Crippen molar-refractivity contribution in [3.05, 3.63) is 372 Å². The van der Waals surface area contributed by atoms with Crippen LogP contribution in [0.3, 0.4) is 0 Å². The van der Waals surface area contributed by atoms with Gasteiger partial charge in [0.25, 0.3) is 0 Å². The zero-order valence-electron chi connectivity index (χ0n) is 47.1. The topological polar surface area (TPSA) is 8.17 Å². The highest BCUT2D eigenvalue weighted by molar-refractivity contribution is 6.13. The van der Waals surface area contributed by atoms with Crippen LogP contribution in [-0.2, 0) is 10.8 Å². The number of rotatable bonds is 8. The van der Waals surface area contributed by atoms with Gasteiger partial charge in [-0.2, -0.15) is 0 Å². The van der Waals surface area contributed by atoms with Gasteiger partial charge >= 0.3 is 0 Å². The van der Waals surface area contributed by atoms with Crippen molar-refractivity contribution >= 4 is 49.6 Å². The molecule has 0 fully saturated rings. The molecular weight excluding hydrogens is 1040 g/mol. The van der Waals surface area contributed by atoms with Gasteiger partial charge in [-0.25, -0.2) is 0 Å². The molecule has 15 aromatic rings. The summed E-state index contributed by atoms with van der Waals surface area (Å²) >= 11 is 0. The summed E-state index contributed by atoms with van der Waals surface area (Å²) in [5.74, 6) is 0. The molecule has 400 valence electrons. The van der Waals surface area contributed by atoms with Crippen molar-refractivity contribution in [2.24, 2.45) is 0 Å². The van der Waals surface area contributed by atoms with Crippen molar-refractivity contribution in [1.29, 1.82) is 0 Å². The van der Waals surface area contributed by atoms with Crippen LogP contribution in [0, 0.1) is 0 Å². The molecule has 2 heteroatoms. The van der Waals surface area contributed by atoms with E-state index < -0.39 is 10.8 Å². The van der Waals surface area contributed by atoms with Crippen molar-refractivity contribution in [2.45, 2.75) is 10.8 Å². The molecule has 86 heavy (non-hydrogen) atoms. The van der Waals surface area contributed by atoms with Crippen LogP contribution in [0.5, 0.6) is 0 Å². The minimum absolute atomic E-state index is 0.530. The van der Waals surface area contributed by atoms with Crippen LogP contribution < -0.4 is 4.90 Å². The van der Waals surface area contributed by atoms with E-state index in [1.54, 1.807) is 0 Å². The second-order valence-electron chi connectivity index (χ2n) is 23.4. The zero-order valence-corrected chi connectivity index (χ0v) is 47.1. The van der Waals surface area contributed by atoms with Gasteiger partial charge in [-0.1, -0.05) is 273 Å². The number of hydrogen-bond acceptors (Lipinski definition) is 1. The fourth-order valence-corrected chi connectivity index (χ4v) is 15.8. The summed E-state index contributed by atoms with van der Waals surface area (Å²) in [4.78, 5) is 2.51. The average molecular weight is 1090 g/mol. The van der Waals surface area contributed by atoms with E-state index in [9.17, 15) is 0 Å². The number of anilines is 3. The molecule has 0 saturated heterocycles. The molecule has 2 nitrogen and oxygen atoms in total. The molecule has 2 aliphatic carbocycles. The van der Waals surface area contributed by atoms with Crippen molar-refractivity contribution in [3.8, 4) is 61.3 Å². The normalized spacial score (nSPS) is 14.7. The third kappa shape index (κ3) is 6.72. The van der Waals surface area contributed by atoms with Gasteiger partial charge in [-0.15, -0.1) is 0 Å². The first-order chi connectivity index (χ1) is 42.7. The molecule has 2 heterocycles. The van der Waals surface area contributed by atoms with E-state index >= 15 is 0 Å². The lowest BCUT2D eigenvalue weighted by Gasteiger charge is -2.39. The first kappa shape index (κ1) is 48.5. The SMILES string of the molecule is c1ccc(-c2ccccc2-c2ccccc2N(c2ccc3c(c2)C(c2ccccc2)(c2ccccc2)c2ccccc2-3)c2ccc3cc(-c4ccc5c(c4)C4(c6ccccc6-5)c5ccccc5-n5c6ccccc6c6cccc4c65)ccc3c2)cc1. The summed E-state index contributed by atoms with van der Waals surface area (Å²) in [7, 11) is 0. The van der Waals surface area contributed by atoms with E-state index in [-0.39, 0.29) is 0 Å². The third-order valence-corrected chi connectivity index (χ3v) is 19.3. The summed E-state index contributed by atoms with van der Waals surface area (Å²) < 4.78 is 2.53. The first-order valence-corrected chi connectivity index (χ1v) is 30.0. The van der Waals surface area contributed by atoms with Crippen molar-refractivity contribution < 1.29 is 0 Å². The van der Waals surface area contributed by atoms with Crippen molar-refractivity contribution in [2.75, 3.05) is 4.90 Å². The molecular formula is C84H54N2. The summed E-state index contributed by atoms with van der Waals surface area (Å²) in [6.45, 7) is 0. The Balaban J connectivity index is 0.822. The summed E-state index contributed by atoms with van der Waals surface area (Å²) in [5.41, 5.74) is 28.5. The van der Waals surface area contributed by atoms with Crippen LogP contribution >= 0.6 is 0 Å². The Hall–Kier alpha value is -11.1. The molecule has 1 unspecified atom stereocenters. The van der Waals surface area contributed by atoms with E-state index in [4.69, 9.17) is 0 Å². The highest BCUT2D eigenvalue weighted by Gasteiger charge is 2.51. The Morgan fingerprint density at radius 2 is 0.744 bits per heavy atom. The average Bonchev–Trinajstić information content (AvgIpc) is 1.53. The second-order valence-corrected chi connectivity index (χ2v) is 23.4. The number of para-hydroxylation sites is 4. The highest BCUT2D eigenvalue weighted by atomic mass is 15.1. The Bertz CT molecular complexity index is 5210. The van der Waals surface area contributed by atoms with Gasteiger partial charge < -0.3 is 9.47 Å². The maximum atomic E-state index is 2.53. The van der Waals surface area contributed by atoms with Gasteiger partial charge in [0.05, 0.1) is 33.2 Å². The van der Waals surface area contributed by atoms with E-state index in [1.165, 1.54) is 133 Å². The largest absolute Gasteiger partial charge is 0.310 e. The first-order valence-electron chi connectivity index (χ1n) is 30.0. The number of hydrogen-bond donors (Lipinski definition) is 0. The van der Waals surface area contributed by atoms with E-state index in [0.29, 0.717) is 0 Å². The highest BCUT2D eigenvalue weighted by Crippen LogP contribution is 2.62. The summed E-state index contributed by atoms with van der Waals surface area (Å²) in [5, 5.41) is 4.92. The second kappa shape index (κ2) is 18.7. The van der Waals surface area contributed by atoms with Crippen LogP contribution in [-0.4, -0.2) is 4.57 Å². The molecule has 0 saturated carbocycles. The molecule has 0 amide bonds. The predicted octanol–water partition coefficient (Wildman–Crippen LogP) is 21.4. The van der Waals surface area contributed by atoms with Crippen LogP contribution in [0.15, 0.2) is 328 Å². The number of benzene rings is 14. The third-order valence-electron chi connectivity index (χ3n) is 19.3. The van der Waals surface area contributed by atoms with Crippen molar-refractivity contribution in [1.82, 2.24) is 4.57 Å². The lowest BCUT2D eigenvalue weighted by atomic mass is 9.65. The molecule has 0 N–H and O–H groups in total. The van der Waals surface area contributed by atoms with E-state index in [2.05, 4.69) is 337 Å². The number of nitrogens with zero attached hydrogens (tertiary/aromatic N) is 2. The van der Waals surface area contributed by atoms with E-state index in [1.807, 2.05) is 0 Å². The lowest BCUT2D eigenvalue weighted by molar-refractivity contribution is 0.749. The van der Waals surface area contributed by atoms with E-state index in [0.717, 1.165) is 22.6 Å². The molecule has 3 aliphatic rings. The quantitative estimate of drug-likeness (QED) is 0.147. The molecule has 1 spiro atoms. The minimum Gasteiger partial charge on any atom is -0.310 e. The van der Waals surface area contributed by atoms with Crippen LogP contribution in [0.25, 0.3) is 93.9 Å². The Labute approximate surface area is 500 Å².